The number of hydrogen-bond donors (Lipinski definition) is 0. The maximum absolute atomic E-state index is 13.1. The predicted octanol–water partition coefficient (Wildman–Crippen LogP) is 12.0. The molecule has 0 N–H and O–H groups in total. The van der Waals surface area contributed by atoms with Crippen molar-refractivity contribution >= 4 is 77.6 Å². The summed E-state index contributed by atoms with van der Waals surface area (Å²) in [7, 11) is 0. The third-order valence-corrected chi connectivity index (χ3v) is 17.7. The Morgan fingerprint density at radius 2 is 0.802 bits per heavy atom. The highest BCUT2D eigenvalue weighted by Crippen LogP contribution is 2.33. The molecule has 96 heavy (non-hydrogen) atoms. The van der Waals surface area contributed by atoms with Gasteiger partial charge in [0.1, 0.15) is 11.4 Å². The van der Waals surface area contributed by atoms with E-state index < -0.39 is 0 Å². The number of nitrogens with zero attached hydrogens (tertiary/aromatic N) is 14. The van der Waals surface area contributed by atoms with Gasteiger partial charge in [0, 0.05) is 32.4 Å². The van der Waals surface area contributed by atoms with Crippen molar-refractivity contribution in [2.45, 2.75) is 26.6 Å². The van der Waals surface area contributed by atoms with E-state index in [4.69, 9.17) is 11.6 Å². The first-order chi connectivity index (χ1) is 46.7. The molecular formula is C74H46BrClN14O6. The molecule has 0 amide bonds. The molecule has 9 aromatic carbocycles. The summed E-state index contributed by atoms with van der Waals surface area (Å²) in [6.45, 7) is 3.34. The van der Waals surface area contributed by atoms with E-state index in [1.807, 2.05) is 170 Å². The Morgan fingerprint density at radius 1 is 0.396 bits per heavy atom. The van der Waals surface area contributed by atoms with Gasteiger partial charge >= 0.3 is 0 Å². The van der Waals surface area contributed by atoms with E-state index in [0.717, 1.165) is 60.4 Å². The van der Waals surface area contributed by atoms with Gasteiger partial charge in [-0.2, -0.15) is 5.10 Å². The first-order valence-corrected chi connectivity index (χ1v) is 31.4. The van der Waals surface area contributed by atoms with Crippen molar-refractivity contribution in [3.63, 3.8) is 0 Å². The predicted molar refractivity (Wildman–Crippen MR) is 366 cm³/mol. The largest absolute Gasteiger partial charge is 0.285 e. The molecule has 3 aliphatic rings. The summed E-state index contributed by atoms with van der Waals surface area (Å²) < 4.78 is 10.3. The summed E-state index contributed by atoms with van der Waals surface area (Å²) in [5.41, 5.74) is 13.1. The van der Waals surface area contributed by atoms with Crippen LogP contribution < -0.4 is 16.7 Å². The Kier molecular flexibility index (Phi) is 14.5. The van der Waals surface area contributed by atoms with Crippen molar-refractivity contribution in [3.05, 3.63) is 322 Å². The summed E-state index contributed by atoms with van der Waals surface area (Å²) in [5.74, 6) is -0.337. The average Bonchev–Trinajstić information content (AvgIpc) is 1.58. The Labute approximate surface area is 556 Å². The lowest BCUT2D eigenvalue weighted by molar-refractivity contribution is 0.102. The van der Waals surface area contributed by atoms with E-state index in [2.05, 4.69) is 56.6 Å². The number of benzene rings is 9. The number of fused-ring (bicyclic) bond motifs is 12. The fourth-order valence-corrected chi connectivity index (χ4v) is 12.8. The van der Waals surface area contributed by atoms with Gasteiger partial charge in [0.15, 0.2) is 17.5 Å². The van der Waals surface area contributed by atoms with Gasteiger partial charge in [-0.15, -0.1) is 10.2 Å². The smallest absolute Gasteiger partial charge is 0.266 e. The number of halogens is 2. The van der Waals surface area contributed by atoms with E-state index in [1.54, 1.807) is 76.1 Å². The number of carbonyl (C=O) groups is 3. The standard InChI is InChI=1S/C25H15ClN4O2.C25H17N5O2.C24H14BrN5O2/c26-18-7-8-21-19(11-18)25(32)30-22-9-6-15(10-20(22)23(31)24(30)28-21)13-29-14-17(12-27-29)16-4-2-1-3-5-16;1-15-7-9-20-18(11-15)25(32)30-22-10-8-16(12-19(22)23(31)24(30)26-20)13-29-14-21(27-28-29)17-5-3-2-4-6-17;25-16-7-8-19-17(11-16)24(32)30-21-9-6-14(10-18(21)22(31)23(30)26-19)12-29-13-20(27-28-29)15-4-2-1-3-5-15/h1-12,14H,13H2;2-12,14H,13H2,1H3;1-11,13H,12H2. The third-order valence-electron chi connectivity index (χ3n) is 16.9. The maximum atomic E-state index is 13.1. The number of carbonyl (C=O) groups excluding carboxylic acids is 3. The lowest BCUT2D eigenvalue weighted by atomic mass is 10.1. The molecule has 462 valence electrons. The van der Waals surface area contributed by atoms with Gasteiger partial charge in [-0.25, -0.2) is 24.3 Å². The molecule has 0 aliphatic carbocycles. The summed E-state index contributed by atoms with van der Waals surface area (Å²) in [4.78, 5) is 92.0. The molecule has 6 aromatic heterocycles. The fraction of sp³-hybridized carbons (Fsp3) is 0.0541. The molecule has 20 nitrogen and oxygen atoms in total. The van der Waals surface area contributed by atoms with Crippen LogP contribution in [0.15, 0.2) is 244 Å². The van der Waals surface area contributed by atoms with Gasteiger partial charge in [-0.1, -0.05) is 159 Å². The molecule has 9 heterocycles. The highest BCUT2D eigenvalue weighted by molar-refractivity contribution is 9.10. The SMILES string of the molecule is Cc1ccc2nc3n(c(=O)c2c1)-c1ccc(Cn2cc(-c4ccccc4)nn2)cc1C3=O.O=C1c2cc(Cn3cc(-c4ccccc4)cn3)ccc2-n2c1nc1ccc(Cl)cc1c2=O.O=C1c2cc(Cn3cc(-c4ccccc4)nn3)ccc2-n2c1nc1ccc(Br)cc1c2=O. The Bertz CT molecular complexity index is 5390. The minimum atomic E-state index is -0.299. The molecule has 0 atom stereocenters. The topological polar surface area (TPSA) is 235 Å². The molecule has 0 bridgehead atoms. The number of hydrogen-bond acceptors (Lipinski definition) is 14. The summed E-state index contributed by atoms with van der Waals surface area (Å²) in [5, 5.41) is 23.2. The second-order valence-corrected chi connectivity index (χ2v) is 24.6. The van der Waals surface area contributed by atoms with Crippen molar-refractivity contribution in [3.8, 4) is 50.7 Å². The number of ketones is 3. The van der Waals surface area contributed by atoms with Crippen molar-refractivity contribution in [1.82, 2.24) is 68.4 Å². The first-order valence-electron chi connectivity index (χ1n) is 30.3. The van der Waals surface area contributed by atoms with Gasteiger partial charge in [0.05, 0.1) is 105 Å². The summed E-state index contributed by atoms with van der Waals surface area (Å²) in [6.07, 6.45) is 7.54. The van der Waals surface area contributed by atoms with E-state index in [1.165, 1.54) is 13.7 Å². The fourth-order valence-electron chi connectivity index (χ4n) is 12.3. The van der Waals surface area contributed by atoms with Gasteiger partial charge in [0.2, 0.25) is 17.3 Å². The normalized spacial score (nSPS) is 12.2. The quantitative estimate of drug-likeness (QED) is 0.131. The molecule has 0 spiro atoms. The van der Waals surface area contributed by atoms with Gasteiger partial charge in [0.25, 0.3) is 16.7 Å². The van der Waals surface area contributed by atoms with E-state index in [-0.39, 0.29) is 51.5 Å². The van der Waals surface area contributed by atoms with Gasteiger partial charge < -0.3 is 0 Å². The summed E-state index contributed by atoms with van der Waals surface area (Å²) >= 11 is 9.45. The van der Waals surface area contributed by atoms with Crippen LogP contribution >= 0.6 is 27.5 Å². The van der Waals surface area contributed by atoms with Crippen LogP contribution in [0.4, 0.5) is 0 Å². The van der Waals surface area contributed by atoms with E-state index in [0.29, 0.717) is 91.1 Å². The van der Waals surface area contributed by atoms with Crippen LogP contribution in [0.25, 0.3) is 83.4 Å². The van der Waals surface area contributed by atoms with E-state index in [9.17, 15) is 28.8 Å². The van der Waals surface area contributed by atoms with Crippen molar-refractivity contribution in [2.24, 2.45) is 0 Å². The molecule has 0 saturated carbocycles. The number of aryl methyl sites for hydroxylation is 1. The Morgan fingerprint density at radius 3 is 1.27 bits per heavy atom. The van der Waals surface area contributed by atoms with Crippen molar-refractivity contribution in [1.29, 1.82) is 0 Å². The zero-order valence-corrected chi connectivity index (χ0v) is 52.8. The lowest BCUT2D eigenvalue weighted by Crippen LogP contribution is -2.21. The molecule has 0 unspecified atom stereocenters. The monoisotopic (exact) mass is 1340 g/mol. The number of aromatic nitrogens is 14. The average molecular weight is 1340 g/mol. The lowest BCUT2D eigenvalue weighted by Gasteiger charge is -2.07. The zero-order chi connectivity index (χ0) is 65.5. The minimum absolute atomic E-state index is 0.127. The first kappa shape index (κ1) is 58.7. The zero-order valence-electron chi connectivity index (χ0n) is 50.4. The van der Waals surface area contributed by atoms with Crippen molar-refractivity contribution in [2.75, 3.05) is 0 Å². The number of rotatable bonds is 9. The van der Waals surface area contributed by atoms with E-state index >= 15 is 0 Å². The Balaban J connectivity index is 0.000000113. The van der Waals surface area contributed by atoms with Gasteiger partial charge in [-0.05, 0) is 114 Å². The van der Waals surface area contributed by atoms with Crippen LogP contribution in [0.5, 0.6) is 0 Å². The molecule has 0 radical (unpaired) electrons. The molecule has 3 aliphatic heterocycles. The Hall–Kier alpha value is -12.3. The molecule has 0 saturated heterocycles. The third kappa shape index (κ3) is 10.5. The van der Waals surface area contributed by atoms with Crippen LogP contribution in [-0.2, 0) is 19.6 Å². The second kappa shape index (κ2) is 23.7. The minimum Gasteiger partial charge on any atom is -0.285 e. The maximum Gasteiger partial charge on any atom is 0.266 e. The highest BCUT2D eigenvalue weighted by atomic mass is 79.9. The van der Waals surface area contributed by atoms with Crippen LogP contribution in [0.3, 0.4) is 0 Å². The summed E-state index contributed by atoms with van der Waals surface area (Å²) in [6, 6.07) is 61.8. The van der Waals surface area contributed by atoms with Gasteiger partial charge in [-0.3, -0.25) is 47.2 Å². The van der Waals surface area contributed by atoms with Crippen molar-refractivity contribution < 1.29 is 14.4 Å². The van der Waals surface area contributed by atoms with Crippen LogP contribution in [-0.4, -0.2) is 85.8 Å². The highest BCUT2D eigenvalue weighted by Gasteiger charge is 2.34. The van der Waals surface area contributed by atoms with Crippen LogP contribution in [0.2, 0.25) is 5.02 Å². The molecule has 0 fully saturated rings. The second-order valence-electron chi connectivity index (χ2n) is 23.2. The molecule has 18 rings (SSSR count). The molecular weight excluding hydrogens is 1300 g/mol. The molecule has 22 heteroatoms. The van der Waals surface area contributed by atoms with Crippen LogP contribution in [0.1, 0.15) is 70.8 Å². The van der Waals surface area contributed by atoms with Crippen LogP contribution in [0, 0.1) is 6.92 Å². The molecule has 15 aromatic rings.